The molecule has 1 saturated heterocycles. The highest BCUT2D eigenvalue weighted by Gasteiger charge is 2.44. The molecule has 1 amide bonds. The van der Waals surface area contributed by atoms with Crippen LogP contribution in [0, 0.1) is 0 Å². The third kappa shape index (κ3) is 3.43. The summed E-state index contributed by atoms with van der Waals surface area (Å²) in [4.78, 5) is 26.1. The van der Waals surface area contributed by atoms with Crippen molar-refractivity contribution >= 4 is 35.1 Å². The topological polar surface area (TPSA) is 100 Å². The van der Waals surface area contributed by atoms with Crippen LogP contribution in [-0.2, 0) is 0 Å². The number of likely N-dealkylation sites (tertiary alicyclic amines) is 1. The summed E-state index contributed by atoms with van der Waals surface area (Å²) in [7, 11) is 0. The van der Waals surface area contributed by atoms with Crippen molar-refractivity contribution in [1.82, 2.24) is 4.90 Å². The van der Waals surface area contributed by atoms with Gasteiger partial charge in [0.15, 0.2) is 0 Å². The Labute approximate surface area is 170 Å². The molecular formula is C20H27ClN6O. The minimum Gasteiger partial charge on any atom is -0.369 e. The summed E-state index contributed by atoms with van der Waals surface area (Å²) in [5.41, 5.74) is 13.0. The van der Waals surface area contributed by atoms with Gasteiger partial charge in [0.2, 0.25) is 11.9 Å². The van der Waals surface area contributed by atoms with Crippen LogP contribution in [0.2, 0.25) is 5.02 Å². The maximum absolute atomic E-state index is 13.4. The van der Waals surface area contributed by atoms with Crippen molar-refractivity contribution in [3.05, 3.63) is 28.8 Å². The van der Waals surface area contributed by atoms with E-state index in [1.165, 1.54) is 0 Å². The Bertz CT molecular complexity index is 824. The molecule has 2 heterocycles. The zero-order valence-electron chi connectivity index (χ0n) is 16.0. The first-order valence-electron chi connectivity index (χ1n) is 10.1. The summed E-state index contributed by atoms with van der Waals surface area (Å²) in [5, 5.41) is 0.525. The molecule has 0 radical (unpaired) electrons. The highest BCUT2D eigenvalue weighted by molar-refractivity contribution is 6.31. The average molecular weight is 403 g/mol. The normalized spacial score (nSPS) is 22.0. The number of benzene rings is 1. The maximum atomic E-state index is 13.4. The van der Waals surface area contributed by atoms with Gasteiger partial charge in [-0.3, -0.25) is 9.69 Å². The molecule has 0 unspecified atom stereocenters. The molecule has 150 valence electrons. The van der Waals surface area contributed by atoms with Crippen LogP contribution in [0.15, 0.2) is 28.2 Å². The number of carbonyl (C=O) groups excluding carboxylic acids is 1. The van der Waals surface area contributed by atoms with Crippen LogP contribution in [0.5, 0.6) is 0 Å². The van der Waals surface area contributed by atoms with Crippen molar-refractivity contribution in [2.45, 2.75) is 57.0 Å². The quantitative estimate of drug-likeness (QED) is 0.793. The van der Waals surface area contributed by atoms with E-state index < -0.39 is 5.66 Å². The first kappa shape index (κ1) is 19.1. The molecule has 0 bridgehead atoms. The molecule has 4 rings (SSSR count). The van der Waals surface area contributed by atoms with Crippen LogP contribution in [-0.4, -0.2) is 41.5 Å². The van der Waals surface area contributed by atoms with Gasteiger partial charge in [-0.1, -0.05) is 18.0 Å². The summed E-state index contributed by atoms with van der Waals surface area (Å²) < 4.78 is 0. The van der Waals surface area contributed by atoms with E-state index in [1.54, 1.807) is 12.1 Å². The van der Waals surface area contributed by atoms with Crippen LogP contribution in [0.1, 0.15) is 61.7 Å². The van der Waals surface area contributed by atoms with Crippen LogP contribution >= 0.6 is 11.6 Å². The summed E-state index contributed by atoms with van der Waals surface area (Å²) in [6.07, 6.45) is 8.08. The van der Waals surface area contributed by atoms with Gasteiger partial charge in [0, 0.05) is 18.1 Å². The fourth-order valence-electron chi connectivity index (χ4n) is 4.61. The predicted octanol–water partition coefficient (Wildman–Crippen LogP) is 3.08. The number of guanidine groups is 2. The molecule has 0 atom stereocenters. The fraction of sp³-hybridized carbons (Fsp3) is 0.550. The molecule has 8 heteroatoms. The van der Waals surface area contributed by atoms with Gasteiger partial charge in [-0.2, -0.15) is 4.99 Å². The second-order valence-corrected chi connectivity index (χ2v) is 8.27. The lowest BCUT2D eigenvalue weighted by Gasteiger charge is -2.46. The minimum atomic E-state index is -0.584. The molecule has 3 aliphatic rings. The number of nitrogens with two attached hydrogens (primary N) is 2. The molecule has 1 aliphatic carbocycles. The first-order valence-corrected chi connectivity index (χ1v) is 10.5. The van der Waals surface area contributed by atoms with E-state index in [9.17, 15) is 4.79 Å². The Balaban J connectivity index is 1.79. The number of amides is 1. The minimum absolute atomic E-state index is 0.0153. The SMILES string of the molecule is NC1=NC2(CCCCC2)N(c2ccc(Cl)cc2C(=O)N2CCCCC2)C(N)=N1. The maximum Gasteiger partial charge on any atom is 0.256 e. The van der Waals surface area contributed by atoms with E-state index in [-0.39, 0.29) is 17.8 Å². The monoisotopic (exact) mass is 402 g/mol. The van der Waals surface area contributed by atoms with Gasteiger partial charge in [-0.25, -0.2) is 4.99 Å². The number of hydrogen-bond donors (Lipinski definition) is 2. The van der Waals surface area contributed by atoms with E-state index in [0.29, 0.717) is 16.3 Å². The predicted molar refractivity (Wildman–Crippen MR) is 113 cm³/mol. The standard InChI is InChI=1S/C20H27ClN6O/c21-14-7-8-16(15(13-14)17(28)26-11-5-2-6-12-26)27-19(23)24-18(22)25-20(27)9-3-1-4-10-20/h7-8,13H,1-6,9-12H2,(H4,22,23,24,25). The van der Waals surface area contributed by atoms with Crippen molar-refractivity contribution in [2.75, 3.05) is 18.0 Å². The second-order valence-electron chi connectivity index (χ2n) is 7.83. The summed E-state index contributed by atoms with van der Waals surface area (Å²) in [6, 6.07) is 5.38. The lowest BCUT2D eigenvalue weighted by Crippen LogP contribution is -2.58. The van der Waals surface area contributed by atoms with E-state index in [0.717, 1.165) is 64.5 Å². The van der Waals surface area contributed by atoms with Crippen molar-refractivity contribution in [3.63, 3.8) is 0 Å². The summed E-state index contributed by atoms with van der Waals surface area (Å²) >= 11 is 6.28. The van der Waals surface area contributed by atoms with Gasteiger partial charge in [-0.15, -0.1) is 0 Å². The average Bonchev–Trinajstić information content (AvgIpc) is 2.69. The highest BCUT2D eigenvalue weighted by atomic mass is 35.5. The highest BCUT2D eigenvalue weighted by Crippen LogP contribution is 2.41. The van der Waals surface area contributed by atoms with Gasteiger partial charge in [-0.05, 0) is 63.1 Å². The number of hydrogen-bond acceptors (Lipinski definition) is 6. The number of piperidine rings is 1. The fourth-order valence-corrected chi connectivity index (χ4v) is 4.78. The van der Waals surface area contributed by atoms with E-state index in [1.807, 2.05) is 15.9 Å². The Kier molecular flexibility index (Phi) is 5.19. The van der Waals surface area contributed by atoms with Crippen molar-refractivity contribution in [2.24, 2.45) is 21.5 Å². The lowest BCUT2D eigenvalue weighted by atomic mass is 9.87. The lowest BCUT2D eigenvalue weighted by molar-refractivity contribution is 0.0725. The molecule has 2 fully saturated rings. The van der Waals surface area contributed by atoms with Crippen molar-refractivity contribution < 1.29 is 4.79 Å². The van der Waals surface area contributed by atoms with E-state index in [4.69, 9.17) is 28.1 Å². The molecule has 2 aliphatic heterocycles. The molecule has 1 aromatic carbocycles. The number of rotatable bonds is 2. The molecule has 0 aromatic heterocycles. The number of carbonyl (C=O) groups is 1. The largest absolute Gasteiger partial charge is 0.369 e. The van der Waals surface area contributed by atoms with Gasteiger partial charge >= 0.3 is 0 Å². The Hall–Kier alpha value is -2.28. The van der Waals surface area contributed by atoms with Crippen LogP contribution in [0.3, 0.4) is 0 Å². The Morgan fingerprint density at radius 3 is 2.43 bits per heavy atom. The number of nitrogens with zero attached hydrogens (tertiary/aromatic N) is 4. The smallest absolute Gasteiger partial charge is 0.256 e. The van der Waals surface area contributed by atoms with E-state index in [2.05, 4.69) is 4.99 Å². The van der Waals surface area contributed by atoms with Gasteiger partial charge in [0.25, 0.3) is 5.91 Å². The molecule has 7 nitrogen and oxygen atoms in total. The van der Waals surface area contributed by atoms with E-state index >= 15 is 0 Å². The molecule has 1 spiro atoms. The zero-order chi connectivity index (χ0) is 19.7. The molecule has 1 saturated carbocycles. The van der Waals surface area contributed by atoms with Gasteiger partial charge in [0.05, 0.1) is 11.3 Å². The third-order valence-electron chi connectivity index (χ3n) is 5.92. The second kappa shape index (κ2) is 7.62. The Morgan fingerprint density at radius 1 is 1.04 bits per heavy atom. The summed E-state index contributed by atoms with van der Waals surface area (Å²) in [6.45, 7) is 1.54. The van der Waals surface area contributed by atoms with Crippen molar-refractivity contribution in [3.8, 4) is 0 Å². The molecule has 1 aromatic rings. The van der Waals surface area contributed by atoms with Crippen molar-refractivity contribution in [1.29, 1.82) is 0 Å². The first-order chi connectivity index (χ1) is 13.5. The molecule has 28 heavy (non-hydrogen) atoms. The molecule has 4 N–H and O–H groups in total. The number of halogens is 1. The summed E-state index contributed by atoms with van der Waals surface area (Å²) in [5.74, 6) is 0.469. The Morgan fingerprint density at radius 2 is 1.71 bits per heavy atom. The third-order valence-corrected chi connectivity index (χ3v) is 6.16. The van der Waals surface area contributed by atoms with Gasteiger partial charge < -0.3 is 16.4 Å². The van der Waals surface area contributed by atoms with Crippen LogP contribution in [0.25, 0.3) is 0 Å². The number of anilines is 1. The number of aliphatic imine (C=N–C) groups is 2. The van der Waals surface area contributed by atoms with Gasteiger partial charge in [0.1, 0.15) is 5.66 Å². The molecular weight excluding hydrogens is 376 g/mol. The van der Waals surface area contributed by atoms with Crippen LogP contribution < -0.4 is 16.4 Å². The zero-order valence-corrected chi connectivity index (χ0v) is 16.8. The van der Waals surface area contributed by atoms with Crippen LogP contribution in [0.4, 0.5) is 5.69 Å².